The van der Waals surface area contributed by atoms with E-state index >= 15 is 0 Å². The highest BCUT2D eigenvalue weighted by atomic mass is 16.4. The average Bonchev–Trinajstić information content (AvgIpc) is 2.61. The molecular weight excluding hydrogens is 346 g/mol. The predicted molar refractivity (Wildman–Crippen MR) is 107 cm³/mol. The maximum Gasteiger partial charge on any atom is 0.326 e. The van der Waals surface area contributed by atoms with E-state index in [1.165, 1.54) is 57.8 Å². The third-order valence-electron chi connectivity index (χ3n) is 4.77. The summed E-state index contributed by atoms with van der Waals surface area (Å²) in [6, 6.07) is -0.992. The largest absolute Gasteiger partial charge is 0.481 e. The van der Waals surface area contributed by atoms with Gasteiger partial charge in [0, 0.05) is 12.8 Å². The third kappa shape index (κ3) is 17.6. The minimum Gasteiger partial charge on any atom is -0.481 e. The van der Waals surface area contributed by atoms with Gasteiger partial charge in [-0.1, -0.05) is 77.6 Å². The highest BCUT2D eigenvalue weighted by Crippen LogP contribution is 2.12. The molecule has 0 aliphatic rings. The van der Waals surface area contributed by atoms with Gasteiger partial charge in [-0.2, -0.15) is 0 Å². The van der Waals surface area contributed by atoms with Crippen molar-refractivity contribution in [3.05, 3.63) is 0 Å². The van der Waals surface area contributed by atoms with Crippen LogP contribution in [0.5, 0.6) is 0 Å². The number of carbonyl (C=O) groups excluding carboxylic acids is 1. The Kier molecular flexibility index (Phi) is 16.8. The number of rotatable bonds is 19. The Morgan fingerprint density at radius 3 is 1.63 bits per heavy atom. The average molecular weight is 386 g/mol. The smallest absolute Gasteiger partial charge is 0.326 e. The summed E-state index contributed by atoms with van der Waals surface area (Å²) in [6.45, 7) is 2.23. The van der Waals surface area contributed by atoms with Crippen LogP contribution >= 0.6 is 0 Å². The predicted octanol–water partition coefficient (Wildman–Crippen LogP) is 4.90. The molecule has 1 atom stereocenters. The molecule has 0 saturated carbocycles. The van der Waals surface area contributed by atoms with Crippen molar-refractivity contribution < 1.29 is 24.6 Å². The zero-order chi connectivity index (χ0) is 20.3. The Labute approximate surface area is 164 Å². The number of unbranched alkanes of at least 4 members (excludes halogenated alkanes) is 11. The van der Waals surface area contributed by atoms with Crippen LogP contribution in [0, 0.1) is 0 Å². The minimum atomic E-state index is -1.11. The topological polar surface area (TPSA) is 104 Å². The third-order valence-corrected chi connectivity index (χ3v) is 4.77. The Hall–Kier alpha value is -1.59. The molecule has 1 amide bonds. The van der Waals surface area contributed by atoms with Crippen molar-refractivity contribution in [3.8, 4) is 0 Å². The standard InChI is InChI=1S/C21H39NO5/c1-2-3-4-5-6-7-8-9-10-11-12-13-16-19(23)22-18(21(26)27)15-14-17-20(24)25/h18H,2-17H2,1H3,(H,22,23)(H,24,25)(H,26,27)/t18-/m1/s1. The van der Waals surface area contributed by atoms with Gasteiger partial charge < -0.3 is 15.5 Å². The molecular formula is C21H39NO5. The summed E-state index contributed by atoms with van der Waals surface area (Å²) in [5, 5.41) is 20.2. The first-order chi connectivity index (χ1) is 13.0. The van der Waals surface area contributed by atoms with Gasteiger partial charge in [0.15, 0.2) is 0 Å². The Bertz CT molecular complexity index is 411. The first-order valence-corrected chi connectivity index (χ1v) is 10.7. The van der Waals surface area contributed by atoms with Crippen molar-refractivity contribution >= 4 is 17.8 Å². The molecule has 0 bridgehead atoms. The molecule has 27 heavy (non-hydrogen) atoms. The van der Waals surface area contributed by atoms with Crippen molar-refractivity contribution in [3.63, 3.8) is 0 Å². The first kappa shape index (κ1) is 25.4. The lowest BCUT2D eigenvalue weighted by Gasteiger charge is -2.14. The monoisotopic (exact) mass is 385 g/mol. The lowest BCUT2D eigenvalue weighted by atomic mass is 10.0. The molecule has 0 rings (SSSR count). The van der Waals surface area contributed by atoms with Gasteiger partial charge in [0.25, 0.3) is 0 Å². The first-order valence-electron chi connectivity index (χ1n) is 10.7. The molecule has 0 aromatic heterocycles. The van der Waals surface area contributed by atoms with Crippen LogP contribution in [0.3, 0.4) is 0 Å². The van der Waals surface area contributed by atoms with E-state index in [2.05, 4.69) is 12.2 Å². The summed E-state index contributed by atoms with van der Waals surface area (Å²) in [4.78, 5) is 33.4. The fourth-order valence-electron chi connectivity index (χ4n) is 3.11. The molecule has 0 heterocycles. The number of hydrogen-bond acceptors (Lipinski definition) is 3. The highest BCUT2D eigenvalue weighted by Gasteiger charge is 2.19. The van der Waals surface area contributed by atoms with E-state index in [1.54, 1.807) is 0 Å². The summed E-state index contributed by atoms with van der Waals surface area (Å²) in [6.07, 6.45) is 15.3. The summed E-state index contributed by atoms with van der Waals surface area (Å²) in [5.74, 6) is -2.32. The molecule has 0 aliphatic carbocycles. The minimum absolute atomic E-state index is 0.0849. The fourth-order valence-corrected chi connectivity index (χ4v) is 3.11. The van der Waals surface area contributed by atoms with Crippen LogP contribution in [0.15, 0.2) is 0 Å². The lowest BCUT2D eigenvalue weighted by molar-refractivity contribution is -0.142. The summed E-state index contributed by atoms with van der Waals surface area (Å²) in [5.41, 5.74) is 0. The molecule has 158 valence electrons. The van der Waals surface area contributed by atoms with E-state index in [0.29, 0.717) is 6.42 Å². The molecule has 3 N–H and O–H groups in total. The Balaban J connectivity index is 3.58. The van der Waals surface area contributed by atoms with E-state index < -0.39 is 18.0 Å². The molecule has 6 nitrogen and oxygen atoms in total. The van der Waals surface area contributed by atoms with Crippen LogP contribution in [0.4, 0.5) is 0 Å². The van der Waals surface area contributed by atoms with E-state index in [0.717, 1.165) is 19.3 Å². The molecule has 6 heteroatoms. The summed E-state index contributed by atoms with van der Waals surface area (Å²) < 4.78 is 0. The van der Waals surface area contributed by atoms with Crippen LogP contribution in [0.25, 0.3) is 0 Å². The normalized spacial score (nSPS) is 11.9. The second kappa shape index (κ2) is 17.8. The molecule has 0 aromatic carbocycles. The maximum absolute atomic E-state index is 11.8. The van der Waals surface area contributed by atoms with Crippen molar-refractivity contribution in [1.82, 2.24) is 5.32 Å². The Morgan fingerprint density at radius 2 is 1.19 bits per heavy atom. The SMILES string of the molecule is CCCCCCCCCCCCCCC(=O)N[C@H](CCCC(=O)O)C(=O)O. The van der Waals surface area contributed by atoms with Crippen molar-refractivity contribution in [2.24, 2.45) is 0 Å². The molecule has 0 saturated heterocycles. The van der Waals surface area contributed by atoms with Crippen LogP contribution in [-0.2, 0) is 14.4 Å². The zero-order valence-electron chi connectivity index (χ0n) is 17.0. The number of amides is 1. The van der Waals surface area contributed by atoms with Crippen molar-refractivity contribution in [2.75, 3.05) is 0 Å². The van der Waals surface area contributed by atoms with Gasteiger partial charge in [-0.15, -0.1) is 0 Å². The second-order valence-electron chi connectivity index (χ2n) is 7.38. The fraction of sp³-hybridized carbons (Fsp3) is 0.857. The van der Waals surface area contributed by atoms with E-state index in [4.69, 9.17) is 10.2 Å². The zero-order valence-corrected chi connectivity index (χ0v) is 17.0. The van der Waals surface area contributed by atoms with Crippen molar-refractivity contribution in [1.29, 1.82) is 0 Å². The molecule has 0 fully saturated rings. The number of carbonyl (C=O) groups is 3. The summed E-state index contributed by atoms with van der Waals surface area (Å²) >= 11 is 0. The van der Waals surface area contributed by atoms with E-state index in [1.807, 2.05) is 0 Å². The second-order valence-corrected chi connectivity index (χ2v) is 7.38. The van der Waals surface area contributed by atoms with Gasteiger partial charge in [-0.25, -0.2) is 4.79 Å². The summed E-state index contributed by atoms with van der Waals surface area (Å²) in [7, 11) is 0. The van der Waals surface area contributed by atoms with E-state index in [9.17, 15) is 14.4 Å². The highest BCUT2D eigenvalue weighted by molar-refractivity contribution is 5.83. The maximum atomic E-state index is 11.8. The van der Waals surface area contributed by atoms with Crippen LogP contribution in [0.2, 0.25) is 0 Å². The van der Waals surface area contributed by atoms with Gasteiger partial charge in [0.05, 0.1) is 0 Å². The number of aliphatic carboxylic acids is 2. The molecule has 0 unspecified atom stereocenters. The lowest BCUT2D eigenvalue weighted by Crippen LogP contribution is -2.40. The van der Waals surface area contributed by atoms with Crippen LogP contribution in [0.1, 0.15) is 110 Å². The van der Waals surface area contributed by atoms with Gasteiger partial charge in [-0.3, -0.25) is 9.59 Å². The number of carboxylic acid groups (broad SMARTS) is 2. The van der Waals surface area contributed by atoms with Gasteiger partial charge >= 0.3 is 11.9 Å². The van der Waals surface area contributed by atoms with Crippen LogP contribution < -0.4 is 5.32 Å². The molecule has 0 aliphatic heterocycles. The van der Waals surface area contributed by atoms with Crippen molar-refractivity contribution in [2.45, 2.75) is 116 Å². The van der Waals surface area contributed by atoms with Crippen LogP contribution in [-0.4, -0.2) is 34.1 Å². The van der Waals surface area contributed by atoms with E-state index in [-0.39, 0.29) is 25.2 Å². The van der Waals surface area contributed by atoms with Gasteiger partial charge in [-0.05, 0) is 19.3 Å². The van der Waals surface area contributed by atoms with Gasteiger partial charge in [0.2, 0.25) is 5.91 Å². The molecule has 0 radical (unpaired) electrons. The quantitative estimate of drug-likeness (QED) is 0.274. The number of nitrogens with one attached hydrogen (secondary N) is 1. The Morgan fingerprint density at radius 1 is 0.704 bits per heavy atom. The molecule has 0 spiro atoms. The number of carboxylic acids is 2. The molecule has 0 aromatic rings. The van der Waals surface area contributed by atoms with Gasteiger partial charge in [0.1, 0.15) is 6.04 Å². The number of hydrogen-bond donors (Lipinski definition) is 3.